The van der Waals surface area contributed by atoms with Gasteiger partial charge in [0.25, 0.3) is 0 Å². The number of hydrogen-bond donors (Lipinski definition) is 0. The first kappa shape index (κ1) is 14.1. The highest BCUT2D eigenvalue weighted by Gasteiger charge is 2.52. The first-order valence-electron chi connectivity index (χ1n) is 7.95. The monoisotopic (exact) mass is 299 g/mol. The van der Waals surface area contributed by atoms with Crippen LogP contribution in [0.25, 0.3) is 0 Å². The maximum Gasteiger partial charge on any atom is 0.172 e. The lowest BCUT2D eigenvalue weighted by Crippen LogP contribution is -2.74. The minimum Gasteiger partial charge on any atom is -0.294 e. The van der Waals surface area contributed by atoms with E-state index >= 15 is 0 Å². The summed E-state index contributed by atoms with van der Waals surface area (Å²) in [5, 5.41) is 0. The number of ketones is 2. The number of carbonyl (C=O) groups excluding carboxylic acids is 2. The molecule has 4 fully saturated rings. The predicted molar refractivity (Wildman–Crippen MR) is 82.5 cm³/mol. The van der Waals surface area contributed by atoms with Gasteiger partial charge in [-0.05, 0) is 0 Å². The number of carbonyl (C=O) groups is 2. The van der Waals surface area contributed by atoms with E-state index in [0.717, 1.165) is 45.2 Å². The third-order valence-corrected chi connectivity index (χ3v) is 5.05. The van der Waals surface area contributed by atoms with Crippen molar-refractivity contribution in [3.8, 4) is 0 Å². The molecule has 22 heavy (non-hydrogen) atoms. The van der Waals surface area contributed by atoms with E-state index in [1.807, 2.05) is 19.1 Å². The summed E-state index contributed by atoms with van der Waals surface area (Å²) in [7, 11) is 0. The smallest absolute Gasteiger partial charge is 0.172 e. The number of nitrogens with zero attached hydrogens (tertiary/aromatic N) is 3. The van der Waals surface area contributed by atoms with Crippen molar-refractivity contribution in [1.29, 1.82) is 0 Å². The SMILES string of the molecule is CCC(=O)c1ccc(C(=O)C23CN4CN(CN(C4)C2)C3)cc1. The van der Waals surface area contributed by atoms with Gasteiger partial charge in [0.15, 0.2) is 11.6 Å². The summed E-state index contributed by atoms with van der Waals surface area (Å²) in [5.74, 6) is 0.347. The lowest BCUT2D eigenvalue weighted by molar-refractivity contribution is -0.155. The zero-order valence-electron chi connectivity index (χ0n) is 12.9. The quantitative estimate of drug-likeness (QED) is 0.783. The highest BCUT2D eigenvalue weighted by molar-refractivity contribution is 6.02. The molecule has 0 atom stereocenters. The van der Waals surface area contributed by atoms with E-state index in [-0.39, 0.29) is 17.0 Å². The number of benzene rings is 1. The van der Waals surface area contributed by atoms with Gasteiger partial charge in [0, 0.05) is 37.2 Å². The van der Waals surface area contributed by atoms with Crippen molar-refractivity contribution in [2.24, 2.45) is 5.41 Å². The molecule has 0 amide bonds. The van der Waals surface area contributed by atoms with Crippen molar-refractivity contribution in [1.82, 2.24) is 14.7 Å². The highest BCUT2D eigenvalue weighted by Crippen LogP contribution is 2.37. The summed E-state index contributed by atoms with van der Waals surface area (Å²) >= 11 is 0. The van der Waals surface area contributed by atoms with E-state index in [1.54, 1.807) is 12.1 Å². The summed E-state index contributed by atoms with van der Waals surface area (Å²) < 4.78 is 0. The van der Waals surface area contributed by atoms with Crippen molar-refractivity contribution in [2.75, 3.05) is 39.6 Å². The van der Waals surface area contributed by atoms with Crippen LogP contribution in [0.1, 0.15) is 34.1 Å². The van der Waals surface area contributed by atoms with Crippen LogP contribution < -0.4 is 0 Å². The van der Waals surface area contributed by atoms with Gasteiger partial charge in [0.2, 0.25) is 0 Å². The van der Waals surface area contributed by atoms with Crippen LogP contribution in [0.15, 0.2) is 24.3 Å². The van der Waals surface area contributed by atoms with Gasteiger partial charge in [0.05, 0.1) is 25.4 Å². The molecule has 4 aliphatic rings. The predicted octanol–water partition coefficient (Wildman–Crippen LogP) is 1.27. The lowest BCUT2D eigenvalue weighted by atomic mass is 9.75. The van der Waals surface area contributed by atoms with Crippen LogP contribution in [-0.2, 0) is 0 Å². The molecule has 0 saturated carbocycles. The van der Waals surface area contributed by atoms with Gasteiger partial charge in [0.1, 0.15) is 0 Å². The molecule has 0 spiro atoms. The zero-order chi connectivity index (χ0) is 15.3. The van der Waals surface area contributed by atoms with Gasteiger partial charge in [-0.15, -0.1) is 0 Å². The van der Waals surface area contributed by atoms with Crippen molar-refractivity contribution in [3.63, 3.8) is 0 Å². The first-order valence-corrected chi connectivity index (χ1v) is 7.95. The molecule has 0 aromatic heterocycles. The topological polar surface area (TPSA) is 43.9 Å². The van der Waals surface area contributed by atoms with E-state index in [2.05, 4.69) is 14.7 Å². The Kier molecular flexibility index (Phi) is 3.18. The van der Waals surface area contributed by atoms with Crippen molar-refractivity contribution in [2.45, 2.75) is 13.3 Å². The average molecular weight is 299 g/mol. The van der Waals surface area contributed by atoms with Crippen molar-refractivity contribution >= 4 is 11.6 Å². The molecule has 116 valence electrons. The molecule has 5 nitrogen and oxygen atoms in total. The number of hydrogen-bond acceptors (Lipinski definition) is 5. The standard InChI is InChI=1S/C17H21N3O2/c1-2-15(21)13-3-5-14(6-4-13)16(22)17-7-18-10-19(8-17)12-20(9-17)11-18/h3-6H,2,7-12H2,1H3. The van der Waals surface area contributed by atoms with E-state index in [1.165, 1.54) is 0 Å². The molecule has 5 heteroatoms. The second kappa shape index (κ2) is 4.98. The van der Waals surface area contributed by atoms with Crippen molar-refractivity contribution in [3.05, 3.63) is 35.4 Å². The van der Waals surface area contributed by atoms with E-state index < -0.39 is 0 Å². The number of Topliss-reactive ketones (excluding diaryl/α,β-unsaturated/α-hetero) is 2. The third kappa shape index (κ3) is 2.12. The third-order valence-electron chi connectivity index (χ3n) is 5.05. The molecule has 0 radical (unpaired) electrons. The van der Waals surface area contributed by atoms with Crippen molar-refractivity contribution < 1.29 is 9.59 Å². The van der Waals surface area contributed by atoms with Crippen LogP contribution >= 0.6 is 0 Å². The molecule has 0 N–H and O–H groups in total. The van der Waals surface area contributed by atoms with Gasteiger partial charge >= 0.3 is 0 Å². The fraction of sp³-hybridized carbons (Fsp3) is 0.529. The second-order valence-corrected chi connectivity index (χ2v) is 6.87. The Morgan fingerprint density at radius 3 is 1.82 bits per heavy atom. The second-order valence-electron chi connectivity index (χ2n) is 6.87. The normalized spacial score (nSPS) is 35.6. The fourth-order valence-corrected chi connectivity index (χ4v) is 4.25. The van der Waals surface area contributed by atoms with Crippen LogP contribution in [0, 0.1) is 5.41 Å². The molecule has 4 heterocycles. The zero-order valence-corrected chi connectivity index (χ0v) is 12.9. The molecule has 0 aliphatic carbocycles. The Morgan fingerprint density at radius 2 is 1.36 bits per heavy atom. The van der Waals surface area contributed by atoms with Gasteiger partial charge < -0.3 is 0 Å². The van der Waals surface area contributed by atoms with Gasteiger partial charge in [-0.3, -0.25) is 24.3 Å². The number of rotatable bonds is 4. The Morgan fingerprint density at radius 1 is 0.909 bits per heavy atom. The average Bonchev–Trinajstić information content (AvgIpc) is 2.52. The van der Waals surface area contributed by atoms with Gasteiger partial charge in [-0.25, -0.2) is 0 Å². The lowest BCUT2D eigenvalue weighted by Gasteiger charge is -2.59. The molecule has 0 unspecified atom stereocenters. The molecule has 1 aromatic rings. The minimum atomic E-state index is -0.301. The minimum absolute atomic E-state index is 0.122. The van der Waals surface area contributed by atoms with E-state index in [4.69, 9.17) is 0 Å². The Labute approximate surface area is 130 Å². The summed E-state index contributed by atoms with van der Waals surface area (Å²) in [5.41, 5.74) is 1.13. The summed E-state index contributed by atoms with van der Waals surface area (Å²) in [6.45, 7) is 7.37. The summed E-state index contributed by atoms with van der Waals surface area (Å²) in [6.07, 6.45) is 0.496. The first-order chi connectivity index (χ1) is 10.6. The molecule has 1 aromatic carbocycles. The molecule has 4 bridgehead atoms. The molecule has 5 rings (SSSR count). The van der Waals surface area contributed by atoms with Crippen LogP contribution in [0.4, 0.5) is 0 Å². The van der Waals surface area contributed by atoms with Gasteiger partial charge in [-0.2, -0.15) is 0 Å². The highest BCUT2D eigenvalue weighted by atomic mass is 16.1. The molecular weight excluding hydrogens is 278 g/mol. The van der Waals surface area contributed by atoms with Crippen LogP contribution in [0.2, 0.25) is 0 Å². The van der Waals surface area contributed by atoms with Gasteiger partial charge in [-0.1, -0.05) is 31.2 Å². The molecule has 4 saturated heterocycles. The Hall–Kier alpha value is -1.56. The summed E-state index contributed by atoms with van der Waals surface area (Å²) in [4.78, 5) is 31.8. The Bertz CT molecular complexity index is 588. The van der Waals surface area contributed by atoms with Crippen LogP contribution in [-0.4, -0.2) is 65.9 Å². The largest absolute Gasteiger partial charge is 0.294 e. The maximum atomic E-state index is 13.1. The van der Waals surface area contributed by atoms with Crippen LogP contribution in [0.3, 0.4) is 0 Å². The molecule has 4 aliphatic heterocycles. The van der Waals surface area contributed by atoms with Crippen LogP contribution in [0.5, 0.6) is 0 Å². The summed E-state index contributed by atoms with van der Waals surface area (Å²) in [6, 6.07) is 7.23. The Balaban J connectivity index is 1.60. The fourth-order valence-electron chi connectivity index (χ4n) is 4.25. The van der Waals surface area contributed by atoms with E-state index in [9.17, 15) is 9.59 Å². The molecular formula is C17H21N3O2. The van der Waals surface area contributed by atoms with E-state index in [0.29, 0.717) is 12.0 Å². The maximum absolute atomic E-state index is 13.1.